The van der Waals surface area contributed by atoms with Crippen LogP contribution in [0.2, 0.25) is 5.02 Å². The van der Waals surface area contributed by atoms with E-state index in [1.165, 1.54) is 19.5 Å². The van der Waals surface area contributed by atoms with Crippen molar-refractivity contribution in [2.45, 2.75) is 33.1 Å². The number of halogens is 1. The summed E-state index contributed by atoms with van der Waals surface area (Å²) in [5, 5.41) is 3.66. The summed E-state index contributed by atoms with van der Waals surface area (Å²) in [4.78, 5) is 14.5. The molecule has 0 saturated carbocycles. The zero-order valence-corrected chi connectivity index (χ0v) is 14.4. The van der Waals surface area contributed by atoms with E-state index in [0.29, 0.717) is 11.4 Å². The molecule has 1 saturated heterocycles. The minimum absolute atomic E-state index is 0.0495. The van der Waals surface area contributed by atoms with E-state index < -0.39 is 0 Å². The Morgan fingerprint density at radius 1 is 1.27 bits per heavy atom. The van der Waals surface area contributed by atoms with Gasteiger partial charge in [0.15, 0.2) is 0 Å². The van der Waals surface area contributed by atoms with Crippen molar-refractivity contribution in [2.24, 2.45) is 11.8 Å². The lowest BCUT2D eigenvalue weighted by molar-refractivity contribution is -0.120. The van der Waals surface area contributed by atoms with Gasteiger partial charge in [0, 0.05) is 24.7 Å². The predicted octanol–water partition coefficient (Wildman–Crippen LogP) is 3.37. The molecule has 2 rings (SSSR count). The lowest BCUT2D eigenvalue weighted by atomic mass is 9.92. The summed E-state index contributed by atoms with van der Waals surface area (Å²) >= 11 is 6.07. The lowest BCUT2D eigenvalue weighted by Crippen LogP contribution is -2.40. The van der Waals surface area contributed by atoms with E-state index in [1.807, 2.05) is 24.3 Å². The summed E-state index contributed by atoms with van der Waals surface area (Å²) in [6.07, 6.45) is 2.70. The maximum atomic E-state index is 11.9. The average molecular weight is 323 g/mol. The molecular weight excluding hydrogens is 296 g/mol. The van der Waals surface area contributed by atoms with Crippen molar-refractivity contribution in [1.29, 1.82) is 0 Å². The predicted molar refractivity (Wildman–Crippen MR) is 92.2 cm³/mol. The minimum atomic E-state index is 0.0495. The van der Waals surface area contributed by atoms with E-state index in [0.717, 1.165) is 36.9 Å². The number of nitrogens with one attached hydrogen (secondary N) is 1. The molecule has 1 aromatic rings. The summed E-state index contributed by atoms with van der Waals surface area (Å²) in [6, 6.07) is 7.51. The number of carbonyl (C=O) groups excluding carboxylic acids is 1. The van der Waals surface area contributed by atoms with Crippen molar-refractivity contribution in [2.75, 3.05) is 26.2 Å². The van der Waals surface area contributed by atoms with Crippen molar-refractivity contribution in [1.82, 2.24) is 10.2 Å². The Morgan fingerprint density at radius 2 is 1.95 bits per heavy atom. The molecule has 122 valence electrons. The van der Waals surface area contributed by atoms with Gasteiger partial charge in [-0.3, -0.25) is 4.79 Å². The maximum Gasteiger partial charge on any atom is 0.224 e. The molecule has 22 heavy (non-hydrogen) atoms. The molecule has 0 spiro atoms. The van der Waals surface area contributed by atoms with Crippen LogP contribution < -0.4 is 5.32 Å². The molecule has 4 heteroatoms. The second-order valence-electron chi connectivity index (χ2n) is 6.68. The van der Waals surface area contributed by atoms with Gasteiger partial charge < -0.3 is 10.2 Å². The number of hydrogen-bond acceptors (Lipinski definition) is 2. The topological polar surface area (TPSA) is 32.3 Å². The fourth-order valence-electron chi connectivity index (χ4n) is 3.38. The van der Waals surface area contributed by atoms with Gasteiger partial charge in [-0.2, -0.15) is 0 Å². The van der Waals surface area contributed by atoms with Gasteiger partial charge in [0.2, 0.25) is 5.91 Å². The first-order valence-electron chi connectivity index (χ1n) is 8.27. The van der Waals surface area contributed by atoms with Crippen LogP contribution in [0, 0.1) is 11.8 Å². The number of rotatable bonds is 6. The van der Waals surface area contributed by atoms with Crippen LogP contribution >= 0.6 is 11.6 Å². The lowest BCUT2D eigenvalue weighted by Gasteiger charge is -2.34. The van der Waals surface area contributed by atoms with Gasteiger partial charge in [-0.05, 0) is 42.9 Å². The molecule has 0 aliphatic carbocycles. The van der Waals surface area contributed by atoms with Gasteiger partial charge in [-0.1, -0.05) is 43.6 Å². The third kappa shape index (κ3) is 5.62. The van der Waals surface area contributed by atoms with Gasteiger partial charge in [-0.15, -0.1) is 0 Å². The Morgan fingerprint density at radius 3 is 2.64 bits per heavy atom. The zero-order chi connectivity index (χ0) is 15.9. The van der Waals surface area contributed by atoms with Crippen LogP contribution in [0.25, 0.3) is 0 Å². The quantitative estimate of drug-likeness (QED) is 0.814. The molecule has 1 fully saturated rings. The number of likely N-dealkylation sites (tertiary alicyclic amines) is 1. The molecule has 0 unspecified atom stereocenters. The summed E-state index contributed by atoms with van der Waals surface area (Å²) in [5.74, 6) is 1.63. The SMILES string of the molecule is C[C@H]1C[C@H](C)CN(CCCNC(=O)Cc2ccccc2Cl)C1. The normalized spacial score (nSPS) is 22.5. The van der Waals surface area contributed by atoms with E-state index >= 15 is 0 Å². The smallest absolute Gasteiger partial charge is 0.224 e. The third-order valence-corrected chi connectivity index (χ3v) is 4.60. The fourth-order valence-corrected chi connectivity index (χ4v) is 3.58. The van der Waals surface area contributed by atoms with E-state index in [1.54, 1.807) is 0 Å². The Labute approximate surface area is 139 Å². The Hall–Kier alpha value is -1.06. The number of piperidine rings is 1. The Balaban J connectivity index is 1.64. The molecule has 1 aliphatic rings. The van der Waals surface area contributed by atoms with Crippen LogP contribution in [-0.4, -0.2) is 37.0 Å². The van der Waals surface area contributed by atoms with Gasteiger partial charge >= 0.3 is 0 Å². The van der Waals surface area contributed by atoms with Crippen molar-refractivity contribution in [3.63, 3.8) is 0 Å². The average Bonchev–Trinajstić information content (AvgIpc) is 2.45. The van der Waals surface area contributed by atoms with Crippen molar-refractivity contribution in [3.05, 3.63) is 34.9 Å². The second kappa shape index (κ2) is 8.54. The molecule has 3 nitrogen and oxygen atoms in total. The molecule has 0 radical (unpaired) electrons. The number of benzene rings is 1. The molecule has 0 bridgehead atoms. The highest BCUT2D eigenvalue weighted by atomic mass is 35.5. The third-order valence-electron chi connectivity index (χ3n) is 4.23. The highest BCUT2D eigenvalue weighted by Gasteiger charge is 2.21. The summed E-state index contributed by atoms with van der Waals surface area (Å²) < 4.78 is 0. The Kier molecular flexibility index (Phi) is 6.71. The van der Waals surface area contributed by atoms with Crippen molar-refractivity contribution >= 4 is 17.5 Å². The van der Waals surface area contributed by atoms with Crippen molar-refractivity contribution < 1.29 is 4.79 Å². The highest BCUT2D eigenvalue weighted by Crippen LogP contribution is 2.20. The number of hydrogen-bond donors (Lipinski definition) is 1. The van der Waals surface area contributed by atoms with Gasteiger partial charge in [0.25, 0.3) is 0 Å². The van der Waals surface area contributed by atoms with Crippen LogP contribution in [0.5, 0.6) is 0 Å². The second-order valence-corrected chi connectivity index (χ2v) is 7.08. The fraction of sp³-hybridized carbons (Fsp3) is 0.611. The number of carbonyl (C=O) groups is 1. The monoisotopic (exact) mass is 322 g/mol. The molecule has 2 atom stereocenters. The summed E-state index contributed by atoms with van der Waals surface area (Å²) in [5.41, 5.74) is 0.889. The van der Waals surface area contributed by atoms with Crippen LogP contribution in [0.3, 0.4) is 0 Å². The number of nitrogens with zero attached hydrogens (tertiary/aromatic N) is 1. The summed E-state index contributed by atoms with van der Waals surface area (Å²) in [6.45, 7) is 8.85. The Bertz CT molecular complexity index is 482. The first-order valence-corrected chi connectivity index (χ1v) is 8.65. The standard InChI is InChI=1S/C18H27ClN2O/c1-14-10-15(2)13-21(12-14)9-5-8-20-18(22)11-16-6-3-4-7-17(16)19/h3-4,6-7,14-15H,5,8-13H2,1-2H3,(H,20,22)/t14-,15-/m0/s1. The summed E-state index contributed by atoms with van der Waals surface area (Å²) in [7, 11) is 0. The zero-order valence-electron chi connectivity index (χ0n) is 13.6. The first-order chi connectivity index (χ1) is 10.5. The highest BCUT2D eigenvalue weighted by molar-refractivity contribution is 6.31. The minimum Gasteiger partial charge on any atom is -0.356 e. The van der Waals surface area contributed by atoms with Gasteiger partial charge in [0.1, 0.15) is 0 Å². The van der Waals surface area contributed by atoms with Gasteiger partial charge in [0.05, 0.1) is 6.42 Å². The van der Waals surface area contributed by atoms with Crippen LogP contribution in [0.15, 0.2) is 24.3 Å². The molecule has 1 amide bonds. The van der Waals surface area contributed by atoms with Crippen LogP contribution in [-0.2, 0) is 11.2 Å². The van der Waals surface area contributed by atoms with Crippen LogP contribution in [0.1, 0.15) is 32.3 Å². The first kappa shape index (κ1) is 17.3. The largest absolute Gasteiger partial charge is 0.356 e. The maximum absolute atomic E-state index is 11.9. The van der Waals surface area contributed by atoms with Crippen LogP contribution in [0.4, 0.5) is 0 Å². The molecule has 0 aromatic heterocycles. The molecule has 1 N–H and O–H groups in total. The van der Waals surface area contributed by atoms with E-state index in [-0.39, 0.29) is 5.91 Å². The van der Waals surface area contributed by atoms with Gasteiger partial charge in [-0.25, -0.2) is 0 Å². The molecule has 1 heterocycles. The van der Waals surface area contributed by atoms with Crippen molar-refractivity contribution in [3.8, 4) is 0 Å². The van der Waals surface area contributed by atoms with E-state index in [9.17, 15) is 4.79 Å². The molecule has 1 aromatic carbocycles. The van der Waals surface area contributed by atoms with E-state index in [4.69, 9.17) is 11.6 Å². The molecule has 1 aliphatic heterocycles. The molecular formula is C18H27ClN2O. The van der Waals surface area contributed by atoms with E-state index in [2.05, 4.69) is 24.1 Å². The number of amides is 1.